The third kappa shape index (κ3) is 3.07. The molecule has 0 radical (unpaired) electrons. The van der Waals surface area contributed by atoms with Crippen molar-refractivity contribution in [2.75, 3.05) is 20.1 Å². The Morgan fingerprint density at radius 2 is 2.12 bits per heavy atom. The molecule has 2 rings (SSSR count). The molecule has 1 heterocycles. The van der Waals surface area contributed by atoms with Crippen molar-refractivity contribution in [2.24, 2.45) is 0 Å². The van der Waals surface area contributed by atoms with Crippen LogP contribution < -0.4 is 5.32 Å². The van der Waals surface area contributed by atoms with Crippen molar-refractivity contribution in [3.8, 4) is 0 Å². The molecule has 1 aromatic rings. The van der Waals surface area contributed by atoms with Crippen LogP contribution in [-0.2, 0) is 17.8 Å². The van der Waals surface area contributed by atoms with Crippen LogP contribution in [0.2, 0.25) is 0 Å². The van der Waals surface area contributed by atoms with Gasteiger partial charge in [-0.3, -0.25) is 4.79 Å². The standard InChI is InChI=1S/C14H20N2O/c1-15-9-8-14(17)16-10-4-7-12-5-2-3-6-13(12)11-16/h2-3,5-6,15H,4,7-11H2,1H3. The maximum Gasteiger partial charge on any atom is 0.224 e. The lowest BCUT2D eigenvalue weighted by atomic mass is 10.0. The maximum absolute atomic E-state index is 12.0. The van der Waals surface area contributed by atoms with E-state index in [1.807, 2.05) is 11.9 Å². The Morgan fingerprint density at radius 3 is 2.88 bits per heavy atom. The number of carbonyl (C=O) groups excluding carboxylic acids is 1. The summed E-state index contributed by atoms with van der Waals surface area (Å²) in [6.45, 7) is 2.42. The second kappa shape index (κ2) is 5.82. The molecular formula is C14H20N2O. The summed E-state index contributed by atoms with van der Waals surface area (Å²) < 4.78 is 0. The highest BCUT2D eigenvalue weighted by Gasteiger charge is 2.17. The highest BCUT2D eigenvalue weighted by Crippen LogP contribution is 2.18. The normalized spacial score (nSPS) is 15.2. The van der Waals surface area contributed by atoms with Crippen LogP contribution in [-0.4, -0.2) is 30.9 Å². The molecule has 1 amide bonds. The van der Waals surface area contributed by atoms with Crippen molar-refractivity contribution < 1.29 is 4.79 Å². The van der Waals surface area contributed by atoms with E-state index in [1.165, 1.54) is 11.1 Å². The van der Waals surface area contributed by atoms with Crippen LogP contribution in [0.3, 0.4) is 0 Å². The van der Waals surface area contributed by atoms with Gasteiger partial charge in [-0.25, -0.2) is 0 Å². The van der Waals surface area contributed by atoms with Gasteiger partial charge < -0.3 is 10.2 Å². The maximum atomic E-state index is 12.0. The molecule has 3 heteroatoms. The van der Waals surface area contributed by atoms with Gasteiger partial charge in [-0.15, -0.1) is 0 Å². The van der Waals surface area contributed by atoms with Crippen molar-refractivity contribution in [3.05, 3.63) is 35.4 Å². The number of benzene rings is 1. The smallest absolute Gasteiger partial charge is 0.224 e. The first kappa shape index (κ1) is 12.1. The van der Waals surface area contributed by atoms with Gasteiger partial charge in [-0.2, -0.15) is 0 Å². The van der Waals surface area contributed by atoms with Crippen LogP contribution in [0.25, 0.3) is 0 Å². The Bertz CT molecular complexity index is 390. The second-order valence-corrected chi connectivity index (χ2v) is 4.54. The third-order valence-electron chi connectivity index (χ3n) is 3.30. The van der Waals surface area contributed by atoms with E-state index < -0.39 is 0 Å². The zero-order valence-electron chi connectivity index (χ0n) is 10.4. The monoisotopic (exact) mass is 232 g/mol. The molecule has 17 heavy (non-hydrogen) atoms. The van der Waals surface area contributed by atoms with Gasteiger partial charge in [0.25, 0.3) is 0 Å². The Morgan fingerprint density at radius 1 is 1.35 bits per heavy atom. The summed E-state index contributed by atoms with van der Waals surface area (Å²) in [5.41, 5.74) is 2.71. The molecule has 3 nitrogen and oxygen atoms in total. The highest BCUT2D eigenvalue weighted by molar-refractivity contribution is 5.76. The summed E-state index contributed by atoms with van der Waals surface area (Å²) in [7, 11) is 1.88. The predicted molar refractivity (Wildman–Crippen MR) is 68.7 cm³/mol. The summed E-state index contributed by atoms with van der Waals surface area (Å²) in [6.07, 6.45) is 2.76. The number of rotatable bonds is 3. The first-order valence-corrected chi connectivity index (χ1v) is 6.30. The molecule has 0 fully saturated rings. The van der Waals surface area contributed by atoms with Gasteiger partial charge in [-0.05, 0) is 31.0 Å². The van der Waals surface area contributed by atoms with Gasteiger partial charge in [0.2, 0.25) is 5.91 Å². The van der Waals surface area contributed by atoms with Crippen LogP contribution in [0.1, 0.15) is 24.0 Å². The van der Waals surface area contributed by atoms with Gasteiger partial charge in [0.1, 0.15) is 0 Å². The summed E-state index contributed by atoms with van der Waals surface area (Å²) in [6, 6.07) is 8.45. The fourth-order valence-electron chi connectivity index (χ4n) is 2.30. The van der Waals surface area contributed by atoms with E-state index in [-0.39, 0.29) is 5.91 Å². The quantitative estimate of drug-likeness (QED) is 0.858. The van der Waals surface area contributed by atoms with Gasteiger partial charge in [0, 0.05) is 26.1 Å². The fraction of sp³-hybridized carbons (Fsp3) is 0.500. The van der Waals surface area contributed by atoms with E-state index in [0.717, 1.165) is 32.5 Å². The zero-order chi connectivity index (χ0) is 12.1. The molecule has 0 unspecified atom stereocenters. The molecule has 1 aliphatic rings. The first-order valence-electron chi connectivity index (χ1n) is 6.30. The minimum absolute atomic E-state index is 0.260. The number of hydrogen-bond acceptors (Lipinski definition) is 2. The van der Waals surface area contributed by atoms with E-state index >= 15 is 0 Å². The molecule has 1 N–H and O–H groups in total. The Balaban J connectivity index is 2.05. The van der Waals surface area contributed by atoms with Gasteiger partial charge in [0.15, 0.2) is 0 Å². The van der Waals surface area contributed by atoms with Gasteiger partial charge in [-0.1, -0.05) is 24.3 Å². The van der Waals surface area contributed by atoms with E-state index in [4.69, 9.17) is 0 Å². The lowest BCUT2D eigenvalue weighted by Crippen LogP contribution is -2.32. The number of nitrogens with one attached hydrogen (secondary N) is 1. The summed E-state index contributed by atoms with van der Waals surface area (Å²) in [5.74, 6) is 0.260. The topological polar surface area (TPSA) is 32.3 Å². The SMILES string of the molecule is CNCCC(=O)N1CCCc2ccccc2C1. The molecule has 0 saturated carbocycles. The van der Waals surface area contributed by atoms with Crippen molar-refractivity contribution in [3.63, 3.8) is 0 Å². The molecule has 92 valence electrons. The number of aryl methyl sites for hydroxylation is 1. The minimum atomic E-state index is 0.260. The molecule has 0 atom stereocenters. The number of carbonyl (C=O) groups is 1. The van der Waals surface area contributed by atoms with E-state index in [1.54, 1.807) is 0 Å². The number of hydrogen-bond donors (Lipinski definition) is 1. The van der Waals surface area contributed by atoms with Crippen molar-refractivity contribution in [2.45, 2.75) is 25.8 Å². The third-order valence-corrected chi connectivity index (χ3v) is 3.30. The van der Waals surface area contributed by atoms with E-state index in [9.17, 15) is 4.79 Å². The van der Waals surface area contributed by atoms with Crippen molar-refractivity contribution >= 4 is 5.91 Å². The second-order valence-electron chi connectivity index (χ2n) is 4.54. The molecule has 1 aromatic carbocycles. The number of nitrogens with zero attached hydrogens (tertiary/aromatic N) is 1. The molecule has 0 aliphatic carbocycles. The predicted octanol–water partition coefficient (Wildman–Crippen LogP) is 1.57. The lowest BCUT2D eigenvalue weighted by Gasteiger charge is -2.20. The van der Waals surface area contributed by atoms with Crippen LogP contribution in [0.4, 0.5) is 0 Å². The van der Waals surface area contributed by atoms with E-state index in [2.05, 4.69) is 29.6 Å². The fourth-order valence-corrected chi connectivity index (χ4v) is 2.30. The number of amides is 1. The number of fused-ring (bicyclic) bond motifs is 1. The molecule has 1 aliphatic heterocycles. The largest absolute Gasteiger partial charge is 0.338 e. The highest BCUT2D eigenvalue weighted by atomic mass is 16.2. The first-order chi connectivity index (χ1) is 8.31. The lowest BCUT2D eigenvalue weighted by molar-refractivity contribution is -0.131. The zero-order valence-corrected chi connectivity index (χ0v) is 10.4. The molecule has 0 spiro atoms. The summed E-state index contributed by atoms with van der Waals surface area (Å²) >= 11 is 0. The average Bonchev–Trinajstić information content (AvgIpc) is 2.58. The van der Waals surface area contributed by atoms with Crippen LogP contribution in [0, 0.1) is 0 Å². The molecule has 0 aromatic heterocycles. The average molecular weight is 232 g/mol. The summed E-state index contributed by atoms with van der Waals surface area (Å²) in [4.78, 5) is 14.0. The Kier molecular flexibility index (Phi) is 4.15. The van der Waals surface area contributed by atoms with Crippen LogP contribution in [0.5, 0.6) is 0 Å². The molecular weight excluding hydrogens is 212 g/mol. The van der Waals surface area contributed by atoms with E-state index in [0.29, 0.717) is 6.42 Å². The van der Waals surface area contributed by atoms with Crippen molar-refractivity contribution in [1.29, 1.82) is 0 Å². The Labute approximate surface area is 103 Å². The minimum Gasteiger partial charge on any atom is -0.338 e. The van der Waals surface area contributed by atoms with Gasteiger partial charge >= 0.3 is 0 Å². The molecule has 0 bridgehead atoms. The summed E-state index contributed by atoms with van der Waals surface area (Å²) in [5, 5.41) is 3.02. The van der Waals surface area contributed by atoms with Gasteiger partial charge in [0.05, 0.1) is 0 Å². The Hall–Kier alpha value is -1.35. The van der Waals surface area contributed by atoms with Crippen LogP contribution in [0.15, 0.2) is 24.3 Å². The van der Waals surface area contributed by atoms with Crippen molar-refractivity contribution in [1.82, 2.24) is 10.2 Å². The van der Waals surface area contributed by atoms with Crippen LogP contribution >= 0.6 is 0 Å². The molecule has 0 saturated heterocycles.